The van der Waals surface area contributed by atoms with Crippen molar-refractivity contribution in [2.75, 3.05) is 7.05 Å². The van der Waals surface area contributed by atoms with Crippen molar-refractivity contribution in [3.8, 4) is 11.1 Å². The molecule has 0 spiro atoms. The molecule has 5 heteroatoms. The highest BCUT2D eigenvalue weighted by Crippen LogP contribution is 2.23. The molecule has 1 N–H and O–H groups in total. The minimum atomic E-state index is 0.801. The van der Waals surface area contributed by atoms with E-state index in [0.717, 1.165) is 39.9 Å². The van der Waals surface area contributed by atoms with Crippen LogP contribution < -0.4 is 0 Å². The van der Waals surface area contributed by atoms with E-state index < -0.39 is 0 Å². The van der Waals surface area contributed by atoms with Crippen LogP contribution in [0.2, 0.25) is 0 Å². The Morgan fingerprint density at radius 2 is 1.96 bits per heavy atom. The summed E-state index contributed by atoms with van der Waals surface area (Å²) >= 11 is 0. The van der Waals surface area contributed by atoms with Crippen molar-refractivity contribution in [1.82, 2.24) is 20.0 Å². The normalized spacial score (nSPS) is 12.3. The Morgan fingerprint density at radius 1 is 1.14 bits per heavy atom. The van der Waals surface area contributed by atoms with Crippen molar-refractivity contribution in [2.24, 2.45) is 12.0 Å². The summed E-state index contributed by atoms with van der Waals surface area (Å²) in [6, 6.07) is 14.9. The number of nitrogens with one attached hydrogen (secondary N) is 1. The Morgan fingerprint density at radius 3 is 2.64 bits per heavy atom. The van der Waals surface area contributed by atoms with E-state index in [2.05, 4.69) is 56.7 Å². The number of allylic oxidation sites excluding steroid dienone is 2. The number of aliphatic imine (C=N–C) groups is 1. The van der Waals surface area contributed by atoms with Crippen LogP contribution >= 0.6 is 0 Å². The van der Waals surface area contributed by atoms with Gasteiger partial charge in [-0.2, -0.15) is 10.2 Å². The van der Waals surface area contributed by atoms with Gasteiger partial charge in [0.1, 0.15) is 0 Å². The number of aromatic amines is 1. The van der Waals surface area contributed by atoms with Gasteiger partial charge in [0.15, 0.2) is 0 Å². The quantitative estimate of drug-likeness (QED) is 0.525. The first-order valence-corrected chi connectivity index (χ1v) is 9.32. The van der Waals surface area contributed by atoms with Gasteiger partial charge in [-0.3, -0.25) is 14.8 Å². The number of H-pyrrole nitrogens is 1. The fourth-order valence-corrected chi connectivity index (χ4v) is 3.40. The SMILES string of the molecule is C/C=C\C(=NC)c1ccc2n[nH]c(Cc3ccc(-c4cnn(C)c4)cc3)c2c1. The molecule has 0 saturated heterocycles. The number of rotatable bonds is 5. The monoisotopic (exact) mass is 369 g/mol. The molecule has 2 aromatic carbocycles. The Balaban J connectivity index is 1.62. The summed E-state index contributed by atoms with van der Waals surface area (Å²) in [5.41, 5.74) is 7.69. The number of aryl methyl sites for hydroxylation is 1. The third-order valence-electron chi connectivity index (χ3n) is 4.87. The van der Waals surface area contributed by atoms with Gasteiger partial charge < -0.3 is 0 Å². The maximum atomic E-state index is 4.46. The number of fused-ring (bicyclic) bond motifs is 1. The van der Waals surface area contributed by atoms with Crippen LogP contribution in [0.4, 0.5) is 0 Å². The van der Waals surface area contributed by atoms with Gasteiger partial charge in [0.05, 0.1) is 17.4 Å². The molecule has 0 aliphatic rings. The van der Waals surface area contributed by atoms with Crippen LogP contribution in [-0.4, -0.2) is 32.7 Å². The van der Waals surface area contributed by atoms with Gasteiger partial charge in [-0.1, -0.05) is 36.4 Å². The average molecular weight is 369 g/mol. The second kappa shape index (κ2) is 7.64. The second-order valence-corrected chi connectivity index (χ2v) is 6.82. The van der Waals surface area contributed by atoms with Crippen molar-refractivity contribution >= 4 is 16.6 Å². The molecule has 4 aromatic rings. The largest absolute Gasteiger partial charge is 0.288 e. The number of nitrogens with zero attached hydrogens (tertiary/aromatic N) is 4. The first-order chi connectivity index (χ1) is 13.7. The predicted octanol–water partition coefficient (Wildman–Crippen LogP) is 4.55. The average Bonchev–Trinajstić information content (AvgIpc) is 3.33. The van der Waals surface area contributed by atoms with E-state index in [-0.39, 0.29) is 0 Å². The Bertz CT molecular complexity index is 1160. The number of benzene rings is 2. The standard InChI is InChI=1S/C23H23N5/c1-4-5-21(24-2)18-10-11-22-20(13-18)23(27-26-22)12-16-6-8-17(9-7-16)19-14-25-28(3)15-19/h4-11,13-15H,12H2,1-3H3,(H,26,27)/b5-4-,24-21?. The summed E-state index contributed by atoms with van der Waals surface area (Å²) < 4.78 is 1.82. The number of hydrogen-bond acceptors (Lipinski definition) is 3. The molecular formula is C23H23N5. The molecule has 2 aromatic heterocycles. The van der Waals surface area contributed by atoms with Crippen LogP contribution in [0.25, 0.3) is 22.0 Å². The van der Waals surface area contributed by atoms with Crippen LogP contribution in [0, 0.1) is 0 Å². The maximum Gasteiger partial charge on any atom is 0.0924 e. The molecule has 28 heavy (non-hydrogen) atoms. The molecule has 4 rings (SSSR count). The van der Waals surface area contributed by atoms with Gasteiger partial charge in [-0.05, 0) is 36.3 Å². The van der Waals surface area contributed by atoms with Gasteiger partial charge >= 0.3 is 0 Å². The molecule has 0 radical (unpaired) electrons. The van der Waals surface area contributed by atoms with Crippen LogP contribution in [-0.2, 0) is 13.5 Å². The first-order valence-electron chi connectivity index (χ1n) is 9.32. The molecule has 0 saturated carbocycles. The third-order valence-corrected chi connectivity index (χ3v) is 4.87. The molecule has 0 unspecified atom stereocenters. The Hall–Kier alpha value is -3.47. The summed E-state index contributed by atoms with van der Waals surface area (Å²) in [6.45, 7) is 2.00. The zero-order valence-electron chi connectivity index (χ0n) is 16.3. The molecule has 0 bridgehead atoms. The number of hydrogen-bond donors (Lipinski definition) is 1. The topological polar surface area (TPSA) is 58.9 Å². The van der Waals surface area contributed by atoms with Crippen molar-refractivity contribution in [3.63, 3.8) is 0 Å². The molecule has 140 valence electrons. The van der Waals surface area contributed by atoms with Gasteiger partial charge in [-0.25, -0.2) is 0 Å². The van der Waals surface area contributed by atoms with E-state index in [9.17, 15) is 0 Å². The van der Waals surface area contributed by atoms with Crippen molar-refractivity contribution < 1.29 is 0 Å². The smallest absolute Gasteiger partial charge is 0.0924 e. The lowest BCUT2D eigenvalue weighted by Crippen LogP contribution is -1.96. The predicted molar refractivity (Wildman–Crippen MR) is 115 cm³/mol. The van der Waals surface area contributed by atoms with E-state index in [1.807, 2.05) is 56.3 Å². The molecule has 0 aliphatic carbocycles. The van der Waals surface area contributed by atoms with Crippen LogP contribution in [0.15, 0.2) is 72.0 Å². The van der Waals surface area contributed by atoms with E-state index >= 15 is 0 Å². The zero-order valence-corrected chi connectivity index (χ0v) is 16.3. The highest BCUT2D eigenvalue weighted by Gasteiger charge is 2.09. The van der Waals surface area contributed by atoms with Gasteiger partial charge in [-0.15, -0.1) is 0 Å². The molecular weight excluding hydrogens is 346 g/mol. The Kier molecular flexibility index (Phi) is 4.89. The maximum absolute atomic E-state index is 4.46. The fourth-order valence-electron chi connectivity index (χ4n) is 3.40. The van der Waals surface area contributed by atoms with E-state index in [1.54, 1.807) is 0 Å². The highest BCUT2D eigenvalue weighted by atomic mass is 15.2. The Labute approximate surface area is 164 Å². The fraction of sp³-hybridized carbons (Fsp3) is 0.174. The lowest BCUT2D eigenvalue weighted by atomic mass is 10.0. The second-order valence-electron chi connectivity index (χ2n) is 6.82. The van der Waals surface area contributed by atoms with Crippen molar-refractivity contribution in [3.05, 3.63) is 83.8 Å². The summed E-state index contributed by atoms with van der Waals surface area (Å²) in [4.78, 5) is 4.39. The zero-order chi connectivity index (χ0) is 19.5. The van der Waals surface area contributed by atoms with Gasteiger partial charge in [0.2, 0.25) is 0 Å². The van der Waals surface area contributed by atoms with Crippen molar-refractivity contribution in [2.45, 2.75) is 13.3 Å². The summed E-state index contributed by atoms with van der Waals surface area (Å²) in [7, 11) is 3.75. The molecule has 0 fully saturated rings. The molecule has 5 nitrogen and oxygen atoms in total. The lowest BCUT2D eigenvalue weighted by Gasteiger charge is -2.04. The van der Waals surface area contributed by atoms with E-state index in [4.69, 9.17) is 0 Å². The first kappa shape index (κ1) is 17.9. The minimum absolute atomic E-state index is 0.801. The van der Waals surface area contributed by atoms with Gasteiger partial charge in [0.25, 0.3) is 0 Å². The highest BCUT2D eigenvalue weighted by molar-refractivity contribution is 6.10. The van der Waals surface area contributed by atoms with E-state index in [1.165, 1.54) is 11.1 Å². The van der Waals surface area contributed by atoms with Crippen LogP contribution in [0.3, 0.4) is 0 Å². The number of aromatic nitrogens is 4. The van der Waals surface area contributed by atoms with Crippen LogP contribution in [0.5, 0.6) is 0 Å². The molecule has 2 heterocycles. The van der Waals surface area contributed by atoms with Gasteiger partial charge in [0, 0.05) is 48.9 Å². The molecule has 0 aliphatic heterocycles. The molecule has 0 atom stereocenters. The third kappa shape index (κ3) is 3.51. The summed E-state index contributed by atoms with van der Waals surface area (Å²) in [5.74, 6) is 0. The lowest BCUT2D eigenvalue weighted by molar-refractivity contribution is 0.768. The van der Waals surface area contributed by atoms with E-state index in [0.29, 0.717) is 0 Å². The minimum Gasteiger partial charge on any atom is -0.288 e. The molecule has 0 amide bonds. The van der Waals surface area contributed by atoms with Crippen molar-refractivity contribution in [1.29, 1.82) is 0 Å². The summed E-state index contributed by atoms with van der Waals surface area (Å²) in [6.07, 6.45) is 8.74. The van der Waals surface area contributed by atoms with Crippen LogP contribution in [0.1, 0.15) is 23.7 Å². The summed E-state index contributed by atoms with van der Waals surface area (Å²) in [5, 5.41) is 13.0.